The molecule has 0 spiro atoms. The van der Waals surface area contributed by atoms with Crippen molar-refractivity contribution >= 4 is 40.8 Å². The molecule has 2 aromatic rings. The maximum atomic E-state index is 11.7. The van der Waals surface area contributed by atoms with Crippen molar-refractivity contribution in [1.29, 1.82) is 0 Å². The maximum Gasteiger partial charge on any atom is 0.225 e. The number of benzene rings is 1. The van der Waals surface area contributed by atoms with E-state index in [-0.39, 0.29) is 30.3 Å². The highest BCUT2D eigenvalue weighted by Gasteiger charge is 2.30. The van der Waals surface area contributed by atoms with Crippen molar-refractivity contribution in [2.24, 2.45) is 11.7 Å². The van der Waals surface area contributed by atoms with Crippen LogP contribution in [0.3, 0.4) is 0 Å². The first-order chi connectivity index (χ1) is 9.16. The molecule has 1 fully saturated rings. The van der Waals surface area contributed by atoms with Gasteiger partial charge in [0.25, 0.3) is 0 Å². The molecule has 2 heterocycles. The lowest BCUT2D eigenvalue weighted by Gasteiger charge is -2.17. The lowest BCUT2D eigenvalue weighted by Crippen LogP contribution is -2.28. The van der Waals surface area contributed by atoms with Crippen molar-refractivity contribution in [3.8, 4) is 0 Å². The van der Waals surface area contributed by atoms with Gasteiger partial charge in [0.05, 0.1) is 16.5 Å². The van der Waals surface area contributed by atoms with Gasteiger partial charge >= 0.3 is 0 Å². The van der Waals surface area contributed by atoms with Crippen LogP contribution in [-0.2, 0) is 4.79 Å². The lowest BCUT2D eigenvalue weighted by atomic mass is 9.92. The number of hydrogen-bond acceptors (Lipinski definition) is 3. The summed E-state index contributed by atoms with van der Waals surface area (Å²) < 4.78 is 0. The van der Waals surface area contributed by atoms with E-state index in [2.05, 4.69) is 10.3 Å². The summed E-state index contributed by atoms with van der Waals surface area (Å²) in [4.78, 5) is 15.9. The Kier molecular flexibility index (Phi) is 4.48. The van der Waals surface area contributed by atoms with Gasteiger partial charge in [-0.2, -0.15) is 0 Å². The molecule has 1 aromatic carbocycles. The first-order valence-electron chi connectivity index (χ1n) is 6.24. The SMILES string of the molecule is Cl.NC(c1ccc2nccc(Cl)c2c1)C1CCNC1=O. The van der Waals surface area contributed by atoms with Crippen molar-refractivity contribution in [2.45, 2.75) is 12.5 Å². The molecule has 0 radical (unpaired) electrons. The highest BCUT2D eigenvalue weighted by Crippen LogP contribution is 2.29. The van der Waals surface area contributed by atoms with Crippen LogP contribution in [0.5, 0.6) is 0 Å². The molecule has 0 aliphatic carbocycles. The Morgan fingerprint density at radius 1 is 1.40 bits per heavy atom. The summed E-state index contributed by atoms with van der Waals surface area (Å²) in [6.45, 7) is 0.701. The summed E-state index contributed by atoms with van der Waals surface area (Å²) in [7, 11) is 0. The number of hydrogen-bond donors (Lipinski definition) is 2. The molecule has 1 aliphatic heterocycles. The van der Waals surface area contributed by atoms with Gasteiger partial charge in [0.15, 0.2) is 0 Å². The van der Waals surface area contributed by atoms with Crippen LogP contribution in [0.2, 0.25) is 5.02 Å². The molecule has 6 heteroatoms. The van der Waals surface area contributed by atoms with Crippen LogP contribution < -0.4 is 11.1 Å². The fourth-order valence-electron chi connectivity index (χ4n) is 2.53. The van der Waals surface area contributed by atoms with Gasteiger partial charge in [-0.3, -0.25) is 9.78 Å². The number of nitrogens with zero attached hydrogens (tertiary/aromatic N) is 1. The van der Waals surface area contributed by atoms with Crippen molar-refractivity contribution < 1.29 is 4.79 Å². The summed E-state index contributed by atoms with van der Waals surface area (Å²) in [6, 6.07) is 7.19. The Bertz CT molecular complexity index is 647. The maximum absolute atomic E-state index is 11.7. The second-order valence-electron chi connectivity index (χ2n) is 4.78. The van der Waals surface area contributed by atoms with Gasteiger partial charge in [0.1, 0.15) is 0 Å². The highest BCUT2D eigenvalue weighted by atomic mass is 35.5. The number of fused-ring (bicyclic) bond motifs is 1. The second-order valence-corrected chi connectivity index (χ2v) is 5.19. The number of rotatable bonds is 2. The molecule has 1 aromatic heterocycles. The van der Waals surface area contributed by atoms with E-state index in [1.54, 1.807) is 12.3 Å². The molecule has 4 nitrogen and oxygen atoms in total. The Labute approximate surface area is 128 Å². The molecule has 3 N–H and O–H groups in total. The molecule has 1 saturated heterocycles. The number of carbonyl (C=O) groups excluding carboxylic acids is 1. The van der Waals surface area contributed by atoms with Crippen LogP contribution in [0.4, 0.5) is 0 Å². The monoisotopic (exact) mass is 311 g/mol. The molecule has 2 atom stereocenters. The van der Waals surface area contributed by atoms with Gasteiger partial charge < -0.3 is 11.1 Å². The van der Waals surface area contributed by atoms with Crippen molar-refractivity contribution in [2.75, 3.05) is 6.54 Å². The van der Waals surface area contributed by atoms with E-state index >= 15 is 0 Å². The minimum atomic E-state index is -0.303. The van der Waals surface area contributed by atoms with E-state index in [0.29, 0.717) is 11.6 Å². The molecule has 1 amide bonds. The second kappa shape index (κ2) is 5.95. The van der Waals surface area contributed by atoms with Crippen LogP contribution in [0.15, 0.2) is 30.5 Å². The number of amides is 1. The Morgan fingerprint density at radius 2 is 2.20 bits per heavy atom. The van der Waals surface area contributed by atoms with Crippen LogP contribution in [-0.4, -0.2) is 17.4 Å². The highest BCUT2D eigenvalue weighted by molar-refractivity contribution is 6.35. The molecule has 2 unspecified atom stereocenters. The van der Waals surface area contributed by atoms with E-state index in [1.807, 2.05) is 18.2 Å². The first kappa shape index (κ1) is 15.0. The molecule has 3 rings (SSSR count). The zero-order chi connectivity index (χ0) is 13.4. The summed E-state index contributed by atoms with van der Waals surface area (Å²) in [6.07, 6.45) is 2.45. The topological polar surface area (TPSA) is 68.0 Å². The lowest BCUT2D eigenvalue weighted by molar-refractivity contribution is -0.123. The van der Waals surface area contributed by atoms with Crippen LogP contribution in [0, 0.1) is 5.92 Å². The number of nitrogens with one attached hydrogen (secondary N) is 1. The first-order valence-corrected chi connectivity index (χ1v) is 6.62. The predicted octanol–water partition coefficient (Wildman–Crippen LogP) is 2.45. The van der Waals surface area contributed by atoms with Gasteiger partial charge in [0.2, 0.25) is 5.91 Å². The number of pyridine rings is 1. The van der Waals surface area contributed by atoms with Crippen molar-refractivity contribution in [3.05, 3.63) is 41.0 Å². The third kappa shape index (κ3) is 2.59. The van der Waals surface area contributed by atoms with Crippen molar-refractivity contribution in [3.63, 3.8) is 0 Å². The van der Waals surface area contributed by atoms with E-state index in [4.69, 9.17) is 17.3 Å². The summed E-state index contributed by atoms with van der Waals surface area (Å²) in [5.41, 5.74) is 7.96. The van der Waals surface area contributed by atoms with Crippen LogP contribution >= 0.6 is 24.0 Å². The van der Waals surface area contributed by atoms with Gasteiger partial charge in [-0.1, -0.05) is 17.7 Å². The quantitative estimate of drug-likeness (QED) is 0.895. The zero-order valence-electron chi connectivity index (χ0n) is 10.7. The molecule has 106 valence electrons. The van der Waals surface area contributed by atoms with E-state index in [1.165, 1.54) is 0 Å². The number of aromatic nitrogens is 1. The third-order valence-electron chi connectivity index (χ3n) is 3.62. The molecular weight excluding hydrogens is 297 g/mol. The summed E-state index contributed by atoms with van der Waals surface area (Å²) in [5.74, 6) is -0.127. The normalized spacial score (nSPS) is 19.5. The number of halogens is 2. The Morgan fingerprint density at radius 3 is 2.90 bits per heavy atom. The molecule has 0 bridgehead atoms. The van der Waals surface area contributed by atoms with E-state index in [0.717, 1.165) is 22.9 Å². The van der Waals surface area contributed by atoms with Crippen LogP contribution in [0.1, 0.15) is 18.0 Å². The molecule has 1 aliphatic rings. The molecule has 20 heavy (non-hydrogen) atoms. The largest absolute Gasteiger partial charge is 0.356 e. The van der Waals surface area contributed by atoms with Gasteiger partial charge in [-0.15, -0.1) is 12.4 Å². The minimum Gasteiger partial charge on any atom is -0.356 e. The van der Waals surface area contributed by atoms with E-state index < -0.39 is 0 Å². The number of carbonyl (C=O) groups is 1. The fraction of sp³-hybridized carbons (Fsp3) is 0.286. The van der Waals surface area contributed by atoms with Gasteiger partial charge in [-0.25, -0.2) is 0 Å². The molecular formula is C14H15Cl2N3O. The van der Waals surface area contributed by atoms with Gasteiger partial charge in [-0.05, 0) is 30.2 Å². The third-order valence-corrected chi connectivity index (χ3v) is 3.95. The standard InChI is InChI=1S/C14H14ClN3O.ClH/c15-11-4-6-17-12-2-1-8(7-10(11)12)13(16)9-3-5-18-14(9)19;/h1-2,4,6-7,9,13H,3,5,16H2,(H,18,19);1H. The predicted molar refractivity (Wildman–Crippen MR) is 82.0 cm³/mol. The van der Waals surface area contributed by atoms with Crippen molar-refractivity contribution in [1.82, 2.24) is 10.3 Å². The Balaban J connectivity index is 0.00000147. The Hall–Kier alpha value is -1.36. The fourth-order valence-corrected chi connectivity index (χ4v) is 2.73. The summed E-state index contributed by atoms with van der Waals surface area (Å²) >= 11 is 6.16. The minimum absolute atomic E-state index is 0. The smallest absolute Gasteiger partial charge is 0.225 e. The van der Waals surface area contributed by atoms with Crippen LogP contribution in [0.25, 0.3) is 10.9 Å². The molecule has 0 saturated carbocycles. The average molecular weight is 312 g/mol. The summed E-state index contributed by atoms with van der Waals surface area (Å²) in [5, 5.41) is 4.33. The van der Waals surface area contributed by atoms with Gasteiger partial charge in [0, 0.05) is 24.2 Å². The number of nitrogens with two attached hydrogens (primary N) is 1. The zero-order valence-corrected chi connectivity index (χ0v) is 12.2. The average Bonchev–Trinajstić information content (AvgIpc) is 2.84. The van der Waals surface area contributed by atoms with E-state index in [9.17, 15) is 4.79 Å².